The fraction of sp³-hybridized carbons (Fsp3) is 0.353. The van der Waals surface area contributed by atoms with Crippen LogP contribution >= 0.6 is 0 Å². The first kappa shape index (κ1) is 13.3. The zero-order chi connectivity index (χ0) is 13.9. The maximum absolute atomic E-state index is 12.4. The van der Waals surface area contributed by atoms with Crippen LogP contribution in [0.15, 0.2) is 42.5 Å². The molecule has 0 spiro atoms. The van der Waals surface area contributed by atoms with Gasteiger partial charge in [-0.3, -0.25) is 9.69 Å². The molecule has 1 heterocycles. The Morgan fingerprint density at radius 3 is 2.55 bits per heavy atom. The molecule has 0 radical (unpaired) electrons. The molecule has 20 heavy (non-hydrogen) atoms. The SMILES string of the molecule is NC1CCN(CC(=O)c2ccc3ccccc3c2)CC1. The van der Waals surface area contributed by atoms with Crippen LogP contribution in [-0.4, -0.2) is 36.4 Å². The lowest BCUT2D eigenvalue weighted by Gasteiger charge is -2.29. The lowest BCUT2D eigenvalue weighted by molar-refractivity contribution is 0.0910. The topological polar surface area (TPSA) is 46.3 Å². The molecule has 0 amide bonds. The molecule has 0 aromatic heterocycles. The number of piperidine rings is 1. The van der Waals surface area contributed by atoms with Gasteiger partial charge in [-0.15, -0.1) is 0 Å². The van der Waals surface area contributed by atoms with Gasteiger partial charge in [0.15, 0.2) is 5.78 Å². The Bertz CT molecular complexity index is 615. The van der Waals surface area contributed by atoms with Crippen molar-refractivity contribution in [3.63, 3.8) is 0 Å². The summed E-state index contributed by atoms with van der Waals surface area (Å²) in [7, 11) is 0. The van der Waals surface area contributed by atoms with Gasteiger partial charge < -0.3 is 5.73 Å². The fourth-order valence-electron chi connectivity index (χ4n) is 2.77. The maximum Gasteiger partial charge on any atom is 0.176 e. The van der Waals surface area contributed by atoms with E-state index < -0.39 is 0 Å². The first-order valence-electron chi connectivity index (χ1n) is 7.22. The number of fused-ring (bicyclic) bond motifs is 1. The second kappa shape index (κ2) is 5.73. The number of rotatable bonds is 3. The summed E-state index contributed by atoms with van der Waals surface area (Å²) in [6.07, 6.45) is 1.98. The summed E-state index contributed by atoms with van der Waals surface area (Å²) in [6.45, 7) is 2.37. The van der Waals surface area contributed by atoms with Crippen molar-refractivity contribution in [2.75, 3.05) is 19.6 Å². The van der Waals surface area contributed by atoms with E-state index >= 15 is 0 Å². The highest BCUT2D eigenvalue weighted by Gasteiger charge is 2.18. The molecule has 2 N–H and O–H groups in total. The molecule has 0 atom stereocenters. The van der Waals surface area contributed by atoms with E-state index in [1.165, 1.54) is 5.39 Å². The first-order valence-corrected chi connectivity index (χ1v) is 7.22. The van der Waals surface area contributed by atoms with Gasteiger partial charge in [0.05, 0.1) is 6.54 Å². The Kier molecular flexibility index (Phi) is 3.81. The molecular formula is C17H20N2O. The Labute approximate surface area is 119 Å². The summed E-state index contributed by atoms with van der Waals surface area (Å²) in [5.74, 6) is 0.200. The van der Waals surface area contributed by atoms with Gasteiger partial charge in [-0.05, 0) is 29.7 Å². The normalized spacial score (nSPS) is 17.4. The van der Waals surface area contributed by atoms with E-state index in [4.69, 9.17) is 5.73 Å². The van der Waals surface area contributed by atoms with E-state index in [9.17, 15) is 4.79 Å². The summed E-state index contributed by atoms with van der Waals surface area (Å²) in [5.41, 5.74) is 6.69. The summed E-state index contributed by atoms with van der Waals surface area (Å²) < 4.78 is 0. The van der Waals surface area contributed by atoms with Crippen LogP contribution < -0.4 is 5.73 Å². The molecule has 104 valence electrons. The van der Waals surface area contributed by atoms with Crippen LogP contribution in [0.4, 0.5) is 0 Å². The van der Waals surface area contributed by atoms with Crippen LogP contribution in [0.5, 0.6) is 0 Å². The molecule has 1 aliphatic heterocycles. The van der Waals surface area contributed by atoms with E-state index in [1.807, 2.05) is 36.4 Å². The summed E-state index contributed by atoms with van der Waals surface area (Å²) in [6, 6.07) is 14.4. The van der Waals surface area contributed by atoms with Crippen LogP contribution in [0.1, 0.15) is 23.2 Å². The Hall–Kier alpha value is -1.71. The third-order valence-corrected chi connectivity index (χ3v) is 4.07. The zero-order valence-electron chi connectivity index (χ0n) is 11.6. The van der Waals surface area contributed by atoms with Gasteiger partial charge >= 0.3 is 0 Å². The van der Waals surface area contributed by atoms with Crippen molar-refractivity contribution < 1.29 is 4.79 Å². The number of carbonyl (C=O) groups excluding carboxylic acids is 1. The van der Waals surface area contributed by atoms with Crippen molar-refractivity contribution in [3.05, 3.63) is 48.0 Å². The molecule has 2 aromatic carbocycles. The molecule has 0 bridgehead atoms. The average molecular weight is 268 g/mol. The molecule has 0 saturated carbocycles. The first-order chi connectivity index (χ1) is 9.72. The molecule has 1 aliphatic rings. The molecular weight excluding hydrogens is 248 g/mol. The third-order valence-electron chi connectivity index (χ3n) is 4.07. The molecule has 0 aliphatic carbocycles. The third kappa shape index (κ3) is 2.89. The number of Topliss-reactive ketones (excluding diaryl/α,β-unsaturated/α-hetero) is 1. The van der Waals surface area contributed by atoms with Crippen molar-refractivity contribution in [1.82, 2.24) is 4.90 Å². The smallest absolute Gasteiger partial charge is 0.176 e. The van der Waals surface area contributed by atoms with Crippen LogP contribution in [0, 0.1) is 0 Å². The van der Waals surface area contributed by atoms with Crippen molar-refractivity contribution in [1.29, 1.82) is 0 Å². The molecule has 1 fully saturated rings. The maximum atomic E-state index is 12.4. The molecule has 0 unspecified atom stereocenters. The van der Waals surface area contributed by atoms with Crippen LogP contribution in [0.2, 0.25) is 0 Å². The molecule has 2 aromatic rings. The Balaban J connectivity index is 1.72. The van der Waals surface area contributed by atoms with Gasteiger partial charge in [-0.25, -0.2) is 0 Å². The second-order valence-electron chi connectivity index (χ2n) is 5.60. The number of nitrogens with zero attached hydrogens (tertiary/aromatic N) is 1. The van der Waals surface area contributed by atoms with Crippen LogP contribution in [0.25, 0.3) is 10.8 Å². The largest absolute Gasteiger partial charge is 0.328 e. The van der Waals surface area contributed by atoms with Gasteiger partial charge in [0.25, 0.3) is 0 Å². The predicted octanol–water partition coefficient (Wildman–Crippen LogP) is 2.45. The highest BCUT2D eigenvalue weighted by atomic mass is 16.1. The lowest BCUT2D eigenvalue weighted by atomic mass is 10.0. The molecule has 3 heteroatoms. The van der Waals surface area contributed by atoms with Gasteiger partial charge in [-0.1, -0.05) is 36.4 Å². The zero-order valence-corrected chi connectivity index (χ0v) is 11.6. The predicted molar refractivity (Wildman–Crippen MR) is 81.9 cm³/mol. The number of carbonyl (C=O) groups is 1. The van der Waals surface area contributed by atoms with Gasteiger partial charge in [0.2, 0.25) is 0 Å². The Morgan fingerprint density at radius 2 is 1.80 bits per heavy atom. The number of likely N-dealkylation sites (tertiary alicyclic amines) is 1. The summed E-state index contributed by atoms with van der Waals surface area (Å²) in [5, 5.41) is 2.30. The number of nitrogens with two attached hydrogens (primary N) is 1. The van der Waals surface area contributed by atoms with Crippen LogP contribution in [0.3, 0.4) is 0 Å². The Morgan fingerprint density at radius 1 is 1.10 bits per heavy atom. The van der Waals surface area contributed by atoms with Gasteiger partial charge in [0, 0.05) is 24.7 Å². The average Bonchev–Trinajstić information content (AvgIpc) is 2.49. The monoisotopic (exact) mass is 268 g/mol. The number of hydrogen-bond donors (Lipinski definition) is 1. The minimum Gasteiger partial charge on any atom is -0.328 e. The number of hydrogen-bond acceptors (Lipinski definition) is 3. The minimum absolute atomic E-state index is 0.200. The van der Waals surface area contributed by atoms with E-state index in [0.717, 1.165) is 36.9 Å². The van der Waals surface area contributed by atoms with Crippen molar-refractivity contribution in [3.8, 4) is 0 Å². The van der Waals surface area contributed by atoms with E-state index in [1.54, 1.807) is 0 Å². The lowest BCUT2D eigenvalue weighted by Crippen LogP contribution is -2.41. The molecule has 3 nitrogen and oxygen atoms in total. The standard InChI is InChI=1S/C17H20N2O/c18-16-7-9-19(10-8-16)12-17(20)15-6-5-13-3-1-2-4-14(13)11-15/h1-6,11,16H,7-10,12,18H2. The summed E-state index contributed by atoms with van der Waals surface area (Å²) in [4.78, 5) is 14.6. The van der Waals surface area contributed by atoms with E-state index in [0.29, 0.717) is 12.6 Å². The summed E-state index contributed by atoms with van der Waals surface area (Å²) >= 11 is 0. The van der Waals surface area contributed by atoms with Crippen molar-refractivity contribution in [2.24, 2.45) is 5.73 Å². The van der Waals surface area contributed by atoms with Gasteiger partial charge in [-0.2, -0.15) is 0 Å². The van der Waals surface area contributed by atoms with Gasteiger partial charge in [0.1, 0.15) is 0 Å². The van der Waals surface area contributed by atoms with Crippen molar-refractivity contribution in [2.45, 2.75) is 18.9 Å². The second-order valence-corrected chi connectivity index (χ2v) is 5.60. The van der Waals surface area contributed by atoms with Crippen LogP contribution in [-0.2, 0) is 0 Å². The minimum atomic E-state index is 0.200. The highest BCUT2D eigenvalue weighted by molar-refractivity contribution is 6.01. The molecule has 1 saturated heterocycles. The van der Waals surface area contributed by atoms with E-state index in [2.05, 4.69) is 11.0 Å². The number of ketones is 1. The van der Waals surface area contributed by atoms with Crippen molar-refractivity contribution >= 4 is 16.6 Å². The fourth-order valence-corrected chi connectivity index (χ4v) is 2.77. The molecule has 3 rings (SSSR count). The van der Waals surface area contributed by atoms with E-state index in [-0.39, 0.29) is 5.78 Å². The number of benzene rings is 2. The highest BCUT2D eigenvalue weighted by Crippen LogP contribution is 2.17. The quantitative estimate of drug-likeness (QED) is 0.870.